The number of hydrogen-bond acceptors (Lipinski definition) is 3. The Morgan fingerprint density at radius 1 is 1.38 bits per heavy atom. The van der Waals surface area contributed by atoms with E-state index in [1.54, 1.807) is 6.07 Å². The first-order chi connectivity index (χ1) is 7.66. The second kappa shape index (κ2) is 4.28. The minimum Gasteiger partial charge on any atom is -0.481 e. The number of hydrogen-bond donors (Lipinski definition) is 2. The van der Waals surface area contributed by atoms with Gasteiger partial charge in [-0.1, -0.05) is 18.2 Å². The Morgan fingerprint density at radius 2 is 2.12 bits per heavy atom. The maximum absolute atomic E-state index is 10.5. The van der Waals surface area contributed by atoms with Gasteiger partial charge in [-0.05, 0) is 12.1 Å². The minimum absolute atomic E-state index is 0.306. The molecule has 0 spiro atoms. The molecule has 0 saturated carbocycles. The predicted octanol–water partition coefficient (Wildman–Crippen LogP) is 1.74. The molecule has 2 aromatic rings. The van der Waals surface area contributed by atoms with Crippen LogP contribution >= 0.6 is 0 Å². The summed E-state index contributed by atoms with van der Waals surface area (Å²) in [5, 5.41) is 19.1. The van der Waals surface area contributed by atoms with Crippen molar-refractivity contribution >= 4 is 16.9 Å². The molecule has 2 rings (SSSR count). The first-order valence-electron chi connectivity index (χ1n) is 4.91. The predicted molar refractivity (Wildman–Crippen MR) is 59.0 cm³/mol. The second-order valence-corrected chi connectivity index (χ2v) is 3.58. The summed E-state index contributed by atoms with van der Waals surface area (Å²) >= 11 is 0. The molecule has 0 saturated heterocycles. The third kappa shape index (κ3) is 2.17. The molecule has 2 N–H and O–H groups in total. The largest absolute Gasteiger partial charge is 0.481 e. The fourth-order valence-electron chi connectivity index (χ4n) is 1.55. The van der Waals surface area contributed by atoms with Crippen LogP contribution in [-0.2, 0) is 4.79 Å². The van der Waals surface area contributed by atoms with Gasteiger partial charge in [0.05, 0.1) is 18.0 Å². The Balaban J connectivity index is 2.35. The molecule has 1 atom stereocenters. The van der Waals surface area contributed by atoms with Crippen LogP contribution < -0.4 is 0 Å². The summed E-state index contributed by atoms with van der Waals surface area (Å²) < 4.78 is 0. The number of aliphatic hydroxyl groups is 1. The molecule has 0 unspecified atom stereocenters. The molecule has 16 heavy (non-hydrogen) atoms. The number of para-hydroxylation sites is 1. The molecule has 0 bridgehead atoms. The standard InChI is InChI=1S/C12H11NO3/c14-11(6-12(15)16)9-5-8-3-1-2-4-10(8)13-7-9/h1-5,7,11,14H,6H2,(H,15,16)/t11-/m0/s1. The lowest BCUT2D eigenvalue weighted by molar-refractivity contribution is -0.139. The van der Waals surface area contributed by atoms with Gasteiger partial charge in [0, 0.05) is 17.1 Å². The third-order valence-corrected chi connectivity index (χ3v) is 2.36. The molecule has 1 aromatic carbocycles. The van der Waals surface area contributed by atoms with Gasteiger partial charge < -0.3 is 10.2 Å². The zero-order valence-electron chi connectivity index (χ0n) is 8.50. The fourth-order valence-corrected chi connectivity index (χ4v) is 1.55. The highest BCUT2D eigenvalue weighted by Gasteiger charge is 2.12. The van der Waals surface area contributed by atoms with Gasteiger partial charge in [0.2, 0.25) is 0 Å². The van der Waals surface area contributed by atoms with Gasteiger partial charge in [-0.25, -0.2) is 0 Å². The SMILES string of the molecule is O=C(O)C[C@H](O)c1cnc2ccccc2c1. The lowest BCUT2D eigenvalue weighted by atomic mass is 10.1. The van der Waals surface area contributed by atoms with E-state index >= 15 is 0 Å². The van der Waals surface area contributed by atoms with E-state index in [1.807, 2.05) is 24.3 Å². The molecule has 4 heteroatoms. The Kier molecular flexibility index (Phi) is 2.83. The van der Waals surface area contributed by atoms with Crippen LogP contribution in [0, 0.1) is 0 Å². The molecule has 0 aliphatic heterocycles. The van der Waals surface area contributed by atoms with Gasteiger partial charge >= 0.3 is 5.97 Å². The van der Waals surface area contributed by atoms with E-state index in [1.165, 1.54) is 6.20 Å². The number of carboxylic acid groups (broad SMARTS) is 1. The van der Waals surface area contributed by atoms with Crippen LogP contribution in [-0.4, -0.2) is 21.2 Å². The molecule has 0 fully saturated rings. The van der Waals surface area contributed by atoms with Crippen molar-refractivity contribution in [2.45, 2.75) is 12.5 Å². The summed E-state index contributed by atoms with van der Waals surface area (Å²) in [5.74, 6) is -1.03. The average Bonchev–Trinajstić information content (AvgIpc) is 2.27. The van der Waals surface area contributed by atoms with Gasteiger partial charge in [-0.2, -0.15) is 0 Å². The monoisotopic (exact) mass is 217 g/mol. The number of rotatable bonds is 3. The third-order valence-electron chi connectivity index (χ3n) is 2.36. The summed E-state index contributed by atoms with van der Waals surface area (Å²) in [6, 6.07) is 9.25. The number of aromatic nitrogens is 1. The summed E-state index contributed by atoms with van der Waals surface area (Å²) in [6.07, 6.45) is 0.199. The van der Waals surface area contributed by atoms with Gasteiger partial charge in [-0.3, -0.25) is 9.78 Å². The number of fused-ring (bicyclic) bond motifs is 1. The van der Waals surface area contributed by atoms with E-state index in [4.69, 9.17) is 5.11 Å². The molecule has 0 amide bonds. The van der Waals surface area contributed by atoms with Crippen molar-refractivity contribution in [3.8, 4) is 0 Å². The van der Waals surface area contributed by atoms with Crippen molar-refractivity contribution in [2.75, 3.05) is 0 Å². The second-order valence-electron chi connectivity index (χ2n) is 3.58. The lowest BCUT2D eigenvalue weighted by Gasteiger charge is -2.08. The maximum atomic E-state index is 10.5. The summed E-state index contributed by atoms with van der Waals surface area (Å²) in [6.45, 7) is 0. The normalized spacial score (nSPS) is 12.6. The van der Waals surface area contributed by atoms with Crippen LogP contribution in [0.4, 0.5) is 0 Å². The van der Waals surface area contributed by atoms with E-state index < -0.39 is 12.1 Å². The number of carboxylic acids is 1. The molecule has 4 nitrogen and oxygen atoms in total. The molecular formula is C12H11NO3. The number of aliphatic carboxylic acids is 1. The zero-order chi connectivity index (χ0) is 11.5. The van der Waals surface area contributed by atoms with Crippen molar-refractivity contribution in [3.63, 3.8) is 0 Å². The molecular weight excluding hydrogens is 206 g/mol. The summed E-state index contributed by atoms with van der Waals surface area (Å²) in [7, 11) is 0. The van der Waals surface area contributed by atoms with Gasteiger partial charge in [0.15, 0.2) is 0 Å². The molecule has 82 valence electrons. The van der Waals surface area contributed by atoms with E-state index in [0.29, 0.717) is 5.56 Å². The van der Waals surface area contributed by atoms with Crippen molar-refractivity contribution in [3.05, 3.63) is 42.1 Å². The van der Waals surface area contributed by atoms with Crippen molar-refractivity contribution < 1.29 is 15.0 Å². The Morgan fingerprint density at radius 3 is 2.88 bits per heavy atom. The number of carbonyl (C=O) groups is 1. The first-order valence-corrected chi connectivity index (χ1v) is 4.91. The summed E-state index contributed by atoms with van der Waals surface area (Å²) in [4.78, 5) is 14.6. The van der Waals surface area contributed by atoms with Crippen LogP contribution in [0.3, 0.4) is 0 Å². The van der Waals surface area contributed by atoms with E-state index in [0.717, 1.165) is 10.9 Å². The first kappa shape index (κ1) is 10.6. The highest BCUT2D eigenvalue weighted by Crippen LogP contribution is 2.20. The van der Waals surface area contributed by atoms with Crippen LogP contribution in [0.2, 0.25) is 0 Å². The molecule has 0 radical (unpaired) electrons. The van der Waals surface area contributed by atoms with Crippen LogP contribution in [0.15, 0.2) is 36.5 Å². The Labute approximate surface area is 92.2 Å². The Bertz CT molecular complexity index is 524. The van der Waals surface area contributed by atoms with Gasteiger partial charge in [0.1, 0.15) is 0 Å². The van der Waals surface area contributed by atoms with Gasteiger partial charge in [0.25, 0.3) is 0 Å². The number of benzene rings is 1. The van der Waals surface area contributed by atoms with Crippen molar-refractivity contribution in [1.29, 1.82) is 0 Å². The van der Waals surface area contributed by atoms with E-state index in [2.05, 4.69) is 4.98 Å². The highest BCUT2D eigenvalue weighted by molar-refractivity contribution is 5.79. The quantitative estimate of drug-likeness (QED) is 0.821. The smallest absolute Gasteiger partial charge is 0.306 e. The lowest BCUT2D eigenvalue weighted by Crippen LogP contribution is -2.05. The molecule has 0 aliphatic carbocycles. The molecule has 1 heterocycles. The fraction of sp³-hybridized carbons (Fsp3) is 0.167. The maximum Gasteiger partial charge on any atom is 0.306 e. The number of aliphatic hydroxyl groups excluding tert-OH is 1. The topological polar surface area (TPSA) is 70.4 Å². The van der Waals surface area contributed by atoms with Crippen LogP contribution in [0.5, 0.6) is 0 Å². The highest BCUT2D eigenvalue weighted by atomic mass is 16.4. The van der Waals surface area contributed by atoms with Crippen LogP contribution in [0.25, 0.3) is 10.9 Å². The van der Waals surface area contributed by atoms with E-state index in [9.17, 15) is 9.90 Å². The van der Waals surface area contributed by atoms with E-state index in [-0.39, 0.29) is 6.42 Å². The number of pyridine rings is 1. The average molecular weight is 217 g/mol. The van der Waals surface area contributed by atoms with Crippen molar-refractivity contribution in [1.82, 2.24) is 4.98 Å². The molecule has 1 aromatic heterocycles. The summed E-state index contributed by atoms with van der Waals surface area (Å²) in [5.41, 5.74) is 1.36. The Hall–Kier alpha value is -1.94. The van der Waals surface area contributed by atoms with Crippen molar-refractivity contribution in [2.24, 2.45) is 0 Å². The zero-order valence-corrected chi connectivity index (χ0v) is 8.50. The molecule has 0 aliphatic rings. The van der Waals surface area contributed by atoms with Gasteiger partial charge in [-0.15, -0.1) is 0 Å². The van der Waals surface area contributed by atoms with Crippen LogP contribution in [0.1, 0.15) is 18.1 Å². The number of nitrogens with zero attached hydrogens (tertiary/aromatic N) is 1. The minimum atomic E-state index is -1.03.